The van der Waals surface area contributed by atoms with Crippen LogP contribution in [0.2, 0.25) is 0 Å². The van der Waals surface area contributed by atoms with Gasteiger partial charge in [-0.15, -0.1) is 0 Å². The summed E-state index contributed by atoms with van der Waals surface area (Å²) < 4.78 is 0. The summed E-state index contributed by atoms with van der Waals surface area (Å²) in [5.74, 6) is -7.89. The molecule has 3 aliphatic carbocycles. The maximum Gasteiger partial charge on any atom is 0.255 e. The van der Waals surface area contributed by atoms with E-state index in [0.717, 1.165) is 0 Å². The third-order valence-corrected chi connectivity index (χ3v) is 7.02. The molecule has 0 heterocycles. The normalized spacial score (nSPS) is 32.4. The van der Waals surface area contributed by atoms with Crippen LogP contribution >= 0.6 is 0 Å². The molecule has 0 saturated heterocycles. The number of hydrogen-bond acceptors (Lipinski definition) is 9. The average molecular weight is 480 g/mol. The first-order valence-electron chi connectivity index (χ1n) is 9.97. The van der Waals surface area contributed by atoms with Gasteiger partial charge in [-0.1, -0.05) is 12.1 Å². The second-order valence-corrected chi connectivity index (χ2v) is 8.96. The number of ketones is 2. The molecule has 0 radical (unpaired) electrons. The summed E-state index contributed by atoms with van der Waals surface area (Å²) in [4.78, 5) is 39.9. The van der Waals surface area contributed by atoms with Crippen LogP contribution in [0.3, 0.4) is 0 Å². The summed E-state index contributed by atoms with van der Waals surface area (Å²) in [6.07, 6.45) is -0.200. The van der Waals surface area contributed by atoms with Crippen LogP contribution < -0.4 is 5.73 Å². The van der Waals surface area contributed by atoms with E-state index in [4.69, 9.17) is 5.73 Å². The number of phenolic OH excluding ortho intramolecular Hbond substituents is 1. The van der Waals surface area contributed by atoms with Gasteiger partial charge in [0, 0.05) is 17.4 Å². The van der Waals surface area contributed by atoms with Crippen LogP contribution in [0.15, 0.2) is 40.9 Å². The van der Waals surface area contributed by atoms with Crippen molar-refractivity contribution in [2.75, 3.05) is 14.1 Å². The Labute approximate surface area is 193 Å². The molecule has 4 rings (SSSR count). The number of aromatic hydroxyl groups is 1. The summed E-state index contributed by atoms with van der Waals surface area (Å²) >= 11 is 0. The molecular formula is C22H28N2O10. The molecule has 1 aromatic carbocycles. The number of rotatable bonds is 2. The number of phenols is 1. The van der Waals surface area contributed by atoms with E-state index in [2.05, 4.69) is 0 Å². The molecule has 186 valence electrons. The van der Waals surface area contributed by atoms with E-state index in [0.29, 0.717) is 0 Å². The highest BCUT2D eigenvalue weighted by Crippen LogP contribution is 2.56. The summed E-state index contributed by atoms with van der Waals surface area (Å²) in [7, 11) is 3.06. The zero-order chi connectivity index (χ0) is 23.9. The number of amides is 1. The number of aliphatic hydroxyl groups excluding tert-OH is 2. The molecule has 5 atom stereocenters. The number of nitrogens with zero attached hydrogens (tertiary/aromatic N) is 1. The van der Waals surface area contributed by atoms with E-state index in [1.54, 1.807) is 0 Å². The van der Waals surface area contributed by atoms with Crippen molar-refractivity contribution in [1.29, 1.82) is 0 Å². The maximum atomic E-state index is 13.3. The molecule has 0 fully saturated rings. The van der Waals surface area contributed by atoms with Crippen molar-refractivity contribution >= 4 is 17.5 Å². The highest BCUT2D eigenvalue weighted by molar-refractivity contribution is 6.24. The Balaban J connectivity index is 0.00000204. The van der Waals surface area contributed by atoms with Gasteiger partial charge >= 0.3 is 0 Å². The largest absolute Gasteiger partial charge is 0.510 e. The fourth-order valence-corrected chi connectivity index (χ4v) is 5.51. The van der Waals surface area contributed by atoms with Gasteiger partial charge in [0.2, 0.25) is 5.78 Å². The lowest BCUT2D eigenvalue weighted by Crippen LogP contribution is -2.65. The molecular weight excluding hydrogens is 452 g/mol. The van der Waals surface area contributed by atoms with Crippen LogP contribution in [0.1, 0.15) is 29.3 Å². The van der Waals surface area contributed by atoms with Crippen molar-refractivity contribution in [1.82, 2.24) is 4.90 Å². The third kappa shape index (κ3) is 3.07. The molecule has 0 saturated carbocycles. The predicted octanol–water partition coefficient (Wildman–Crippen LogP) is -1.86. The van der Waals surface area contributed by atoms with Crippen LogP contribution in [-0.2, 0) is 15.2 Å². The summed E-state index contributed by atoms with van der Waals surface area (Å²) in [6, 6.07) is 3.05. The Morgan fingerprint density at radius 3 is 2.24 bits per heavy atom. The van der Waals surface area contributed by atoms with Gasteiger partial charge in [0.05, 0.1) is 17.2 Å². The number of Topliss-reactive ketones (excluding diaryl/α,β-unsaturated/α-hetero) is 2. The van der Waals surface area contributed by atoms with Crippen LogP contribution in [0.5, 0.6) is 5.75 Å². The molecule has 1 aromatic rings. The van der Waals surface area contributed by atoms with E-state index >= 15 is 0 Å². The number of benzene rings is 1. The first kappa shape index (κ1) is 27.0. The lowest BCUT2D eigenvalue weighted by Gasteiger charge is -2.52. The maximum absolute atomic E-state index is 13.3. The van der Waals surface area contributed by atoms with Gasteiger partial charge in [0.15, 0.2) is 11.4 Å². The monoisotopic (exact) mass is 480 g/mol. The van der Waals surface area contributed by atoms with E-state index in [1.165, 1.54) is 44.1 Å². The van der Waals surface area contributed by atoms with E-state index in [9.17, 15) is 39.9 Å². The van der Waals surface area contributed by atoms with E-state index < -0.39 is 75.0 Å². The number of aliphatic hydroxyl groups is 4. The molecule has 34 heavy (non-hydrogen) atoms. The molecule has 0 bridgehead atoms. The van der Waals surface area contributed by atoms with Gasteiger partial charge in [0.25, 0.3) is 5.91 Å². The number of carbonyl (C=O) groups excluding carboxylic acids is 3. The zero-order valence-corrected chi connectivity index (χ0v) is 18.7. The molecule has 3 aliphatic rings. The average Bonchev–Trinajstić information content (AvgIpc) is 2.68. The van der Waals surface area contributed by atoms with Gasteiger partial charge in [0.1, 0.15) is 22.8 Å². The number of likely N-dealkylation sites (N-methyl/N-ethyl adjacent to an activating group) is 1. The lowest BCUT2D eigenvalue weighted by molar-refractivity contribution is -0.151. The van der Waals surface area contributed by atoms with Crippen LogP contribution in [0, 0.1) is 11.8 Å². The number of fused-ring (bicyclic) bond motifs is 3. The molecule has 0 spiro atoms. The van der Waals surface area contributed by atoms with Crippen LogP contribution in [-0.4, -0.2) is 84.6 Å². The summed E-state index contributed by atoms with van der Waals surface area (Å²) in [5, 5.41) is 55.0. The van der Waals surface area contributed by atoms with Crippen LogP contribution in [0.4, 0.5) is 0 Å². The number of nitrogens with two attached hydrogens (primary N) is 1. The SMILES string of the molecule is CN(C)[C@@H]1C(O)=C(C(N)=O)C(=O)[C@@]2(O)C(O)=C3C(=O)c4c(O)cccc4[C@@](C)(O)[C@H]3C[C@@H]12.O.O. The Morgan fingerprint density at radius 2 is 1.71 bits per heavy atom. The third-order valence-electron chi connectivity index (χ3n) is 7.02. The fraction of sp³-hybridized carbons (Fsp3) is 0.409. The van der Waals surface area contributed by atoms with Gasteiger partial charge in [-0.25, -0.2) is 0 Å². The van der Waals surface area contributed by atoms with Gasteiger partial charge in [-0.3, -0.25) is 19.3 Å². The molecule has 12 heteroatoms. The molecule has 12 nitrogen and oxygen atoms in total. The lowest BCUT2D eigenvalue weighted by atomic mass is 9.55. The Morgan fingerprint density at radius 1 is 1.12 bits per heavy atom. The Kier molecular flexibility index (Phi) is 6.49. The molecule has 0 unspecified atom stereocenters. The number of hydrogen-bond donors (Lipinski definition) is 6. The Hall–Kier alpha value is -3.29. The zero-order valence-electron chi connectivity index (χ0n) is 18.7. The Bertz CT molecular complexity index is 1150. The first-order valence-corrected chi connectivity index (χ1v) is 9.97. The first-order chi connectivity index (χ1) is 14.8. The summed E-state index contributed by atoms with van der Waals surface area (Å²) in [6.45, 7) is 1.40. The molecule has 1 amide bonds. The molecule has 0 aliphatic heterocycles. The number of carbonyl (C=O) groups is 3. The minimum atomic E-state index is -2.75. The standard InChI is InChI=1S/C22H24N2O8.2H2O/c1-21(31)8-5-4-6-11(25)12(8)16(26)13-9(21)7-10-15(24(2)3)17(27)14(20(23)30)19(29)22(10,32)18(13)28;;/h4-6,9-10,15,25,27-28,31-32H,7H2,1-3H3,(H2,23,30);2*1H2/t9-,10-,15-,21+,22-;;/m0../s1. The highest BCUT2D eigenvalue weighted by Gasteiger charge is 2.65. The summed E-state index contributed by atoms with van der Waals surface area (Å²) in [5.41, 5.74) is -0.654. The minimum absolute atomic E-state index is 0. The van der Waals surface area contributed by atoms with Crippen molar-refractivity contribution < 1.29 is 50.9 Å². The van der Waals surface area contributed by atoms with Gasteiger partial charge < -0.3 is 42.2 Å². The van der Waals surface area contributed by atoms with Crippen LogP contribution in [0.25, 0.3) is 0 Å². The minimum Gasteiger partial charge on any atom is -0.510 e. The topological polar surface area (TPSA) is 245 Å². The van der Waals surface area contributed by atoms with Crippen molar-refractivity contribution in [2.45, 2.75) is 30.6 Å². The quantitative estimate of drug-likeness (QED) is 0.259. The molecule has 0 aromatic heterocycles. The van der Waals surface area contributed by atoms with E-state index in [-0.39, 0.29) is 28.5 Å². The smallest absolute Gasteiger partial charge is 0.255 e. The molecule has 11 N–H and O–H groups in total. The predicted molar refractivity (Wildman–Crippen MR) is 117 cm³/mol. The highest BCUT2D eigenvalue weighted by atomic mass is 16.3. The van der Waals surface area contributed by atoms with E-state index in [1.807, 2.05) is 0 Å². The van der Waals surface area contributed by atoms with Crippen molar-refractivity contribution in [3.63, 3.8) is 0 Å². The second-order valence-electron chi connectivity index (χ2n) is 8.96. The number of primary amides is 1. The fourth-order valence-electron chi connectivity index (χ4n) is 5.51. The van der Waals surface area contributed by atoms with Crippen molar-refractivity contribution in [3.8, 4) is 5.75 Å². The van der Waals surface area contributed by atoms with Crippen molar-refractivity contribution in [3.05, 3.63) is 52.0 Å². The van der Waals surface area contributed by atoms with Gasteiger partial charge in [-0.05, 0) is 39.1 Å². The second kappa shape index (κ2) is 8.18. The van der Waals surface area contributed by atoms with Crippen molar-refractivity contribution in [2.24, 2.45) is 17.6 Å². The van der Waals surface area contributed by atoms with Gasteiger partial charge in [-0.2, -0.15) is 0 Å².